The van der Waals surface area contributed by atoms with E-state index in [1.807, 2.05) is 34.1 Å². The Morgan fingerprint density at radius 1 is 1.64 bits per heavy atom. The van der Waals surface area contributed by atoms with Crippen molar-refractivity contribution < 1.29 is 4.79 Å². The zero-order valence-electron chi connectivity index (χ0n) is 9.19. The van der Waals surface area contributed by atoms with Crippen LogP contribution in [0.15, 0.2) is 12.4 Å². The van der Waals surface area contributed by atoms with Gasteiger partial charge in [0.25, 0.3) is 0 Å². The molecule has 0 aliphatic rings. The molecule has 0 aromatic carbocycles. The number of carbonyl (C=O) groups is 1. The van der Waals surface area contributed by atoms with Gasteiger partial charge in [0.05, 0.1) is 6.20 Å². The highest BCUT2D eigenvalue weighted by atomic mass is 16.2. The predicted octanol–water partition coefficient (Wildman–Crippen LogP) is 1.03. The van der Waals surface area contributed by atoms with Gasteiger partial charge in [-0.3, -0.25) is 9.48 Å². The Morgan fingerprint density at radius 3 is 2.71 bits per heavy atom. The van der Waals surface area contributed by atoms with Crippen molar-refractivity contribution in [1.29, 1.82) is 0 Å². The Morgan fingerprint density at radius 2 is 2.29 bits per heavy atom. The van der Waals surface area contributed by atoms with E-state index in [-0.39, 0.29) is 11.8 Å². The van der Waals surface area contributed by atoms with Gasteiger partial charge in [0.15, 0.2) is 0 Å². The van der Waals surface area contributed by atoms with Crippen molar-refractivity contribution in [2.75, 3.05) is 7.05 Å². The first kappa shape index (κ1) is 10.8. The lowest BCUT2D eigenvalue weighted by molar-refractivity contribution is -0.133. The Kier molecular flexibility index (Phi) is 3.28. The fraction of sp³-hybridized carbons (Fsp3) is 0.600. The maximum atomic E-state index is 11.6. The monoisotopic (exact) mass is 195 g/mol. The second kappa shape index (κ2) is 4.26. The molecule has 0 saturated heterocycles. The van der Waals surface area contributed by atoms with Crippen LogP contribution >= 0.6 is 0 Å². The molecule has 0 unspecified atom stereocenters. The maximum Gasteiger partial charge on any atom is 0.225 e. The molecule has 0 spiro atoms. The van der Waals surface area contributed by atoms with Crippen molar-refractivity contribution in [3.05, 3.63) is 18.0 Å². The van der Waals surface area contributed by atoms with Crippen LogP contribution in [0.5, 0.6) is 0 Å². The fourth-order valence-electron chi connectivity index (χ4n) is 1.35. The van der Waals surface area contributed by atoms with Gasteiger partial charge in [0.1, 0.15) is 0 Å². The van der Waals surface area contributed by atoms with Crippen LogP contribution in [-0.2, 0) is 18.4 Å². The summed E-state index contributed by atoms with van der Waals surface area (Å²) in [5.74, 6) is 0.213. The van der Waals surface area contributed by atoms with Crippen molar-refractivity contribution >= 4 is 5.91 Å². The number of carbonyl (C=O) groups excluding carboxylic acids is 1. The van der Waals surface area contributed by atoms with E-state index < -0.39 is 0 Å². The molecule has 0 atom stereocenters. The number of hydrogen-bond donors (Lipinski definition) is 0. The number of aryl methyl sites for hydroxylation is 1. The minimum Gasteiger partial charge on any atom is -0.341 e. The highest BCUT2D eigenvalue weighted by Gasteiger charge is 2.13. The quantitative estimate of drug-likeness (QED) is 0.722. The summed E-state index contributed by atoms with van der Waals surface area (Å²) < 4.78 is 1.74. The van der Waals surface area contributed by atoms with Crippen LogP contribution in [0.1, 0.15) is 19.4 Å². The molecule has 0 bridgehead atoms. The Labute approximate surface area is 84.5 Å². The maximum absolute atomic E-state index is 11.6. The van der Waals surface area contributed by atoms with Gasteiger partial charge in [-0.1, -0.05) is 13.8 Å². The molecule has 14 heavy (non-hydrogen) atoms. The second-order valence-electron chi connectivity index (χ2n) is 3.87. The molecule has 1 amide bonds. The normalized spacial score (nSPS) is 10.6. The number of rotatable bonds is 3. The lowest BCUT2D eigenvalue weighted by atomic mass is 10.2. The molecule has 0 fully saturated rings. The second-order valence-corrected chi connectivity index (χ2v) is 3.87. The van der Waals surface area contributed by atoms with Crippen LogP contribution in [0.4, 0.5) is 0 Å². The van der Waals surface area contributed by atoms with Gasteiger partial charge < -0.3 is 4.90 Å². The highest BCUT2D eigenvalue weighted by molar-refractivity contribution is 5.77. The largest absolute Gasteiger partial charge is 0.341 e. The number of aromatic nitrogens is 2. The summed E-state index contributed by atoms with van der Waals surface area (Å²) in [6.07, 6.45) is 3.70. The number of nitrogens with zero attached hydrogens (tertiary/aromatic N) is 3. The van der Waals surface area contributed by atoms with Crippen LogP contribution in [0, 0.1) is 5.92 Å². The van der Waals surface area contributed by atoms with E-state index in [1.54, 1.807) is 15.8 Å². The fourth-order valence-corrected chi connectivity index (χ4v) is 1.35. The van der Waals surface area contributed by atoms with Crippen molar-refractivity contribution in [2.24, 2.45) is 13.0 Å². The number of hydrogen-bond acceptors (Lipinski definition) is 2. The van der Waals surface area contributed by atoms with Crippen LogP contribution in [0.25, 0.3) is 0 Å². The summed E-state index contributed by atoms with van der Waals surface area (Å²) in [6, 6.07) is 0. The van der Waals surface area contributed by atoms with Crippen LogP contribution in [0.2, 0.25) is 0 Å². The smallest absolute Gasteiger partial charge is 0.225 e. The highest BCUT2D eigenvalue weighted by Crippen LogP contribution is 2.05. The van der Waals surface area contributed by atoms with Gasteiger partial charge in [-0.2, -0.15) is 5.10 Å². The first-order valence-electron chi connectivity index (χ1n) is 4.73. The van der Waals surface area contributed by atoms with E-state index >= 15 is 0 Å². The first-order valence-corrected chi connectivity index (χ1v) is 4.73. The summed E-state index contributed by atoms with van der Waals surface area (Å²) in [5, 5.41) is 4.05. The zero-order valence-corrected chi connectivity index (χ0v) is 9.19. The minimum atomic E-state index is 0.0525. The van der Waals surface area contributed by atoms with E-state index in [4.69, 9.17) is 0 Å². The lowest BCUT2D eigenvalue weighted by Crippen LogP contribution is -2.29. The van der Waals surface area contributed by atoms with Gasteiger partial charge in [-0.25, -0.2) is 0 Å². The summed E-state index contributed by atoms with van der Waals surface area (Å²) in [7, 11) is 3.68. The van der Waals surface area contributed by atoms with Gasteiger partial charge in [-0.05, 0) is 0 Å². The Balaban J connectivity index is 2.57. The Hall–Kier alpha value is -1.32. The molecule has 4 heteroatoms. The Bertz CT molecular complexity index is 317. The molecule has 0 saturated carbocycles. The minimum absolute atomic E-state index is 0.0525. The van der Waals surface area contributed by atoms with Gasteiger partial charge in [0, 0.05) is 38.3 Å². The van der Waals surface area contributed by atoms with Gasteiger partial charge in [-0.15, -0.1) is 0 Å². The van der Waals surface area contributed by atoms with Crippen molar-refractivity contribution in [3.63, 3.8) is 0 Å². The van der Waals surface area contributed by atoms with Crippen molar-refractivity contribution in [3.8, 4) is 0 Å². The standard InChI is InChI=1S/C10H17N3O/c1-8(2)10(14)12(3)6-9-5-11-13(4)7-9/h5,7-8H,6H2,1-4H3. The average Bonchev–Trinajstić information content (AvgIpc) is 2.49. The van der Waals surface area contributed by atoms with E-state index in [2.05, 4.69) is 5.10 Å². The molecule has 1 aromatic rings. The molecular formula is C10H17N3O. The average molecular weight is 195 g/mol. The lowest BCUT2D eigenvalue weighted by Gasteiger charge is -2.18. The number of amides is 1. The molecule has 0 radical (unpaired) electrons. The van der Waals surface area contributed by atoms with Crippen LogP contribution < -0.4 is 0 Å². The van der Waals surface area contributed by atoms with E-state index in [9.17, 15) is 4.79 Å². The summed E-state index contributed by atoms with van der Waals surface area (Å²) in [5.41, 5.74) is 1.06. The summed E-state index contributed by atoms with van der Waals surface area (Å²) >= 11 is 0. The zero-order chi connectivity index (χ0) is 10.7. The third-order valence-corrected chi connectivity index (χ3v) is 2.05. The molecule has 0 aliphatic carbocycles. The van der Waals surface area contributed by atoms with E-state index in [0.29, 0.717) is 6.54 Å². The molecule has 1 aromatic heterocycles. The third-order valence-electron chi connectivity index (χ3n) is 2.05. The van der Waals surface area contributed by atoms with E-state index in [1.165, 1.54) is 0 Å². The summed E-state index contributed by atoms with van der Waals surface area (Å²) in [4.78, 5) is 13.3. The topological polar surface area (TPSA) is 38.1 Å². The molecular weight excluding hydrogens is 178 g/mol. The molecule has 1 heterocycles. The van der Waals surface area contributed by atoms with Gasteiger partial charge >= 0.3 is 0 Å². The molecule has 78 valence electrons. The molecule has 4 nitrogen and oxygen atoms in total. The predicted molar refractivity (Wildman–Crippen MR) is 54.5 cm³/mol. The SMILES string of the molecule is CC(C)C(=O)N(C)Cc1cnn(C)c1. The molecule has 1 rings (SSSR count). The van der Waals surface area contributed by atoms with Crippen molar-refractivity contribution in [2.45, 2.75) is 20.4 Å². The first-order chi connectivity index (χ1) is 6.50. The van der Waals surface area contributed by atoms with Crippen LogP contribution in [0.3, 0.4) is 0 Å². The molecule has 0 N–H and O–H groups in total. The van der Waals surface area contributed by atoms with Crippen LogP contribution in [-0.4, -0.2) is 27.6 Å². The molecule has 0 aliphatic heterocycles. The summed E-state index contributed by atoms with van der Waals surface area (Å²) in [6.45, 7) is 4.44. The van der Waals surface area contributed by atoms with Gasteiger partial charge in [0.2, 0.25) is 5.91 Å². The van der Waals surface area contributed by atoms with Crippen molar-refractivity contribution in [1.82, 2.24) is 14.7 Å². The van der Waals surface area contributed by atoms with E-state index in [0.717, 1.165) is 5.56 Å². The third kappa shape index (κ3) is 2.58.